The molecular formula is C13H23N3O. The quantitative estimate of drug-likeness (QED) is 0.665. The monoisotopic (exact) mass is 237 g/mol. The van der Waals surface area contributed by atoms with Crippen molar-refractivity contribution in [3.63, 3.8) is 0 Å². The summed E-state index contributed by atoms with van der Waals surface area (Å²) in [4.78, 5) is 4.28. The average Bonchev–Trinajstić information content (AvgIpc) is 2.36. The van der Waals surface area contributed by atoms with Gasteiger partial charge in [-0.05, 0) is 31.4 Å². The van der Waals surface area contributed by atoms with Gasteiger partial charge in [-0.3, -0.25) is 4.98 Å². The van der Waals surface area contributed by atoms with Gasteiger partial charge in [-0.15, -0.1) is 0 Å². The van der Waals surface area contributed by atoms with Crippen LogP contribution in [0, 0.1) is 6.92 Å². The molecule has 0 saturated carbocycles. The van der Waals surface area contributed by atoms with E-state index < -0.39 is 0 Å². The summed E-state index contributed by atoms with van der Waals surface area (Å²) in [6.07, 6.45) is 3.61. The molecule has 4 heteroatoms. The van der Waals surface area contributed by atoms with E-state index in [1.807, 2.05) is 19.2 Å². The first kappa shape index (κ1) is 14.1. The smallest absolute Gasteiger partial charge is 0.0462 e. The van der Waals surface area contributed by atoms with Crippen molar-refractivity contribution >= 4 is 0 Å². The summed E-state index contributed by atoms with van der Waals surface area (Å²) in [5.74, 6) is 0. The second kappa shape index (κ2) is 7.37. The third kappa shape index (κ3) is 4.42. The molecule has 1 heterocycles. The molecule has 2 unspecified atom stereocenters. The van der Waals surface area contributed by atoms with Gasteiger partial charge in [0, 0.05) is 37.1 Å². The summed E-state index contributed by atoms with van der Waals surface area (Å²) < 4.78 is 0. The van der Waals surface area contributed by atoms with Gasteiger partial charge in [0.1, 0.15) is 0 Å². The molecule has 0 fully saturated rings. The number of aliphatic hydroxyl groups excluding tert-OH is 1. The molecule has 0 aromatic carbocycles. The Kier molecular flexibility index (Phi) is 6.11. The van der Waals surface area contributed by atoms with Crippen molar-refractivity contribution in [1.82, 2.24) is 10.3 Å². The van der Waals surface area contributed by atoms with Gasteiger partial charge >= 0.3 is 0 Å². The van der Waals surface area contributed by atoms with Crippen molar-refractivity contribution < 1.29 is 5.11 Å². The molecule has 2 atom stereocenters. The maximum Gasteiger partial charge on any atom is 0.0462 e. The number of hydrogen-bond donors (Lipinski definition) is 3. The summed E-state index contributed by atoms with van der Waals surface area (Å²) in [6, 6.07) is 4.46. The molecule has 0 saturated heterocycles. The molecule has 4 nitrogen and oxygen atoms in total. The summed E-state index contributed by atoms with van der Waals surface area (Å²) in [7, 11) is 0. The minimum absolute atomic E-state index is 0.111. The van der Waals surface area contributed by atoms with Gasteiger partial charge in [0.2, 0.25) is 0 Å². The van der Waals surface area contributed by atoms with Crippen LogP contribution in [0.5, 0.6) is 0 Å². The lowest BCUT2D eigenvalue weighted by Gasteiger charge is -2.23. The normalized spacial score (nSPS) is 14.6. The zero-order valence-corrected chi connectivity index (χ0v) is 10.7. The van der Waals surface area contributed by atoms with Gasteiger partial charge in [-0.2, -0.15) is 0 Å². The van der Waals surface area contributed by atoms with E-state index in [0.29, 0.717) is 12.6 Å². The molecule has 96 valence electrons. The third-order valence-electron chi connectivity index (χ3n) is 2.98. The van der Waals surface area contributed by atoms with E-state index in [1.54, 1.807) is 0 Å². The summed E-state index contributed by atoms with van der Waals surface area (Å²) in [5, 5.41) is 12.4. The van der Waals surface area contributed by atoms with E-state index in [2.05, 4.69) is 23.3 Å². The van der Waals surface area contributed by atoms with Gasteiger partial charge in [0.25, 0.3) is 0 Å². The Morgan fingerprint density at radius 1 is 1.47 bits per heavy atom. The van der Waals surface area contributed by atoms with Crippen LogP contribution in [0.15, 0.2) is 18.3 Å². The zero-order valence-electron chi connectivity index (χ0n) is 10.7. The third-order valence-corrected chi connectivity index (χ3v) is 2.98. The highest BCUT2D eigenvalue weighted by Crippen LogP contribution is 2.13. The van der Waals surface area contributed by atoms with E-state index in [-0.39, 0.29) is 12.6 Å². The highest BCUT2D eigenvalue weighted by molar-refractivity contribution is 5.17. The van der Waals surface area contributed by atoms with E-state index in [1.165, 1.54) is 0 Å². The lowest BCUT2D eigenvalue weighted by molar-refractivity contribution is 0.255. The molecule has 1 rings (SSSR count). The Labute approximate surface area is 103 Å². The minimum Gasteiger partial charge on any atom is -0.396 e. The molecule has 0 radical (unpaired) electrons. The Hall–Kier alpha value is -0.970. The van der Waals surface area contributed by atoms with Crippen molar-refractivity contribution in [2.45, 2.75) is 38.8 Å². The number of aromatic nitrogens is 1. The van der Waals surface area contributed by atoms with Crippen LogP contribution >= 0.6 is 0 Å². The molecular weight excluding hydrogens is 214 g/mol. The van der Waals surface area contributed by atoms with Crippen LogP contribution in [-0.2, 0) is 0 Å². The van der Waals surface area contributed by atoms with Crippen LogP contribution in [0.3, 0.4) is 0 Å². The predicted octanol–water partition coefficient (Wildman–Crippen LogP) is 1.14. The molecule has 0 bridgehead atoms. The second-order valence-electron chi connectivity index (χ2n) is 4.31. The van der Waals surface area contributed by atoms with Crippen molar-refractivity contribution in [3.05, 3.63) is 29.6 Å². The van der Waals surface area contributed by atoms with Crippen LogP contribution in [-0.4, -0.2) is 29.3 Å². The molecule has 0 spiro atoms. The molecule has 1 aromatic rings. The first-order valence-electron chi connectivity index (χ1n) is 6.20. The Balaban J connectivity index is 2.67. The lowest BCUT2D eigenvalue weighted by Crippen LogP contribution is -2.37. The number of pyridine rings is 1. The van der Waals surface area contributed by atoms with Crippen molar-refractivity contribution in [3.8, 4) is 0 Å². The number of nitrogens with one attached hydrogen (secondary N) is 1. The highest BCUT2D eigenvalue weighted by Gasteiger charge is 2.14. The van der Waals surface area contributed by atoms with Crippen molar-refractivity contribution in [2.24, 2.45) is 5.73 Å². The fraction of sp³-hybridized carbons (Fsp3) is 0.615. The summed E-state index contributed by atoms with van der Waals surface area (Å²) in [5.41, 5.74) is 7.90. The molecule has 0 aliphatic carbocycles. The van der Waals surface area contributed by atoms with Crippen LogP contribution in [0.2, 0.25) is 0 Å². The standard InChI is InChI=1S/C13H23N3O/c1-3-12(6-7-17)16-13(8-14)11-5-4-10(2)15-9-11/h4-5,9,12-13,16-17H,3,6-8,14H2,1-2H3. The summed E-state index contributed by atoms with van der Waals surface area (Å²) in [6.45, 7) is 4.81. The Morgan fingerprint density at radius 2 is 2.24 bits per heavy atom. The van der Waals surface area contributed by atoms with E-state index in [0.717, 1.165) is 24.1 Å². The highest BCUT2D eigenvalue weighted by atomic mass is 16.3. The topological polar surface area (TPSA) is 71.2 Å². The van der Waals surface area contributed by atoms with Crippen LogP contribution in [0.25, 0.3) is 0 Å². The SMILES string of the molecule is CCC(CCO)NC(CN)c1ccc(C)nc1. The number of hydrogen-bond acceptors (Lipinski definition) is 4. The molecule has 0 amide bonds. The largest absolute Gasteiger partial charge is 0.396 e. The van der Waals surface area contributed by atoms with Crippen molar-refractivity contribution in [2.75, 3.05) is 13.2 Å². The average molecular weight is 237 g/mol. The molecule has 1 aromatic heterocycles. The minimum atomic E-state index is 0.111. The van der Waals surface area contributed by atoms with Gasteiger partial charge in [-0.1, -0.05) is 13.0 Å². The van der Waals surface area contributed by atoms with Crippen LogP contribution in [0.1, 0.15) is 37.1 Å². The zero-order chi connectivity index (χ0) is 12.7. The number of nitrogens with two attached hydrogens (primary N) is 1. The molecule has 4 N–H and O–H groups in total. The van der Waals surface area contributed by atoms with Gasteiger partial charge in [-0.25, -0.2) is 0 Å². The second-order valence-corrected chi connectivity index (χ2v) is 4.31. The molecule has 17 heavy (non-hydrogen) atoms. The van der Waals surface area contributed by atoms with E-state index in [9.17, 15) is 0 Å². The van der Waals surface area contributed by atoms with Crippen LogP contribution in [0.4, 0.5) is 0 Å². The number of nitrogens with zero attached hydrogens (tertiary/aromatic N) is 1. The lowest BCUT2D eigenvalue weighted by atomic mass is 10.1. The van der Waals surface area contributed by atoms with Crippen LogP contribution < -0.4 is 11.1 Å². The van der Waals surface area contributed by atoms with E-state index in [4.69, 9.17) is 10.8 Å². The Morgan fingerprint density at radius 3 is 2.71 bits per heavy atom. The number of aryl methyl sites for hydroxylation is 1. The molecule has 0 aliphatic rings. The predicted molar refractivity (Wildman–Crippen MR) is 69.7 cm³/mol. The fourth-order valence-electron chi connectivity index (χ4n) is 1.83. The maximum absolute atomic E-state index is 8.98. The Bertz CT molecular complexity index is 313. The van der Waals surface area contributed by atoms with Gasteiger partial charge in [0.05, 0.1) is 0 Å². The first-order chi connectivity index (χ1) is 8.21. The summed E-state index contributed by atoms with van der Waals surface area (Å²) >= 11 is 0. The number of rotatable bonds is 7. The van der Waals surface area contributed by atoms with Gasteiger partial charge in [0.15, 0.2) is 0 Å². The molecule has 0 aliphatic heterocycles. The maximum atomic E-state index is 8.98. The number of aliphatic hydroxyl groups is 1. The van der Waals surface area contributed by atoms with E-state index >= 15 is 0 Å². The van der Waals surface area contributed by atoms with Gasteiger partial charge < -0.3 is 16.2 Å². The fourth-order valence-corrected chi connectivity index (χ4v) is 1.83. The van der Waals surface area contributed by atoms with Crippen molar-refractivity contribution in [1.29, 1.82) is 0 Å². The first-order valence-corrected chi connectivity index (χ1v) is 6.20.